The first kappa shape index (κ1) is 26.7. The highest BCUT2D eigenvalue weighted by Crippen LogP contribution is 2.38. The van der Waals surface area contributed by atoms with E-state index in [4.69, 9.17) is 20.9 Å². The maximum absolute atomic E-state index is 14.1. The number of benzene rings is 1. The predicted molar refractivity (Wildman–Crippen MR) is 141 cm³/mol. The van der Waals surface area contributed by atoms with Crippen molar-refractivity contribution in [3.63, 3.8) is 0 Å². The van der Waals surface area contributed by atoms with E-state index >= 15 is 0 Å². The Bertz CT molecular complexity index is 1140. The Balaban J connectivity index is 1.80. The predicted octanol–water partition coefficient (Wildman–Crippen LogP) is 3.42. The maximum atomic E-state index is 14.1. The summed E-state index contributed by atoms with van der Waals surface area (Å²) in [4.78, 5) is 41.6. The number of primary amides is 1. The fourth-order valence-corrected chi connectivity index (χ4v) is 6.16. The van der Waals surface area contributed by atoms with Crippen LogP contribution in [0, 0.1) is 0 Å². The molecule has 2 aromatic rings. The van der Waals surface area contributed by atoms with Crippen LogP contribution in [0.25, 0.3) is 0 Å². The third-order valence-corrected chi connectivity index (χ3v) is 8.16. The lowest BCUT2D eigenvalue weighted by molar-refractivity contribution is -0.127. The van der Waals surface area contributed by atoms with Crippen LogP contribution in [-0.2, 0) is 4.79 Å². The topological polar surface area (TPSA) is 150 Å². The van der Waals surface area contributed by atoms with Crippen LogP contribution < -0.4 is 26.3 Å². The minimum Gasteiger partial charge on any atom is -0.493 e. The number of hydrogen-bond donors (Lipinski definition) is 3. The fourth-order valence-electron chi connectivity index (χ4n) is 5.41. The summed E-state index contributed by atoms with van der Waals surface area (Å²) in [6.07, 6.45) is 8.50. The molecular formula is C26H35N5O5S. The summed E-state index contributed by atoms with van der Waals surface area (Å²) in [7, 11) is 3.07. The molecule has 2 fully saturated rings. The van der Waals surface area contributed by atoms with Gasteiger partial charge in [-0.05, 0) is 54.9 Å². The number of amides is 3. The SMILES string of the molecule is COc1ccc(C(C(=O)NC2CCCCC2)N(C(=O)c2snc(C(N)=O)c2N)C2CCCC2)cc1OC. The number of ether oxygens (including phenoxy) is 2. The van der Waals surface area contributed by atoms with Crippen molar-refractivity contribution >= 4 is 34.9 Å². The summed E-state index contributed by atoms with van der Waals surface area (Å²) in [5.74, 6) is -0.505. The van der Waals surface area contributed by atoms with E-state index in [2.05, 4.69) is 9.69 Å². The van der Waals surface area contributed by atoms with Gasteiger partial charge >= 0.3 is 0 Å². The van der Waals surface area contributed by atoms with Crippen molar-refractivity contribution in [2.75, 3.05) is 20.0 Å². The average molecular weight is 530 g/mol. The highest BCUT2D eigenvalue weighted by atomic mass is 32.1. The molecule has 11 heteroatoms. The number of nitrogens with zero attached hydrogens (tertiary/aromatic N) is 2. The zero-order valence-corrected chi connectivity index (χ0v) is 22.1. The maximum Gasteiger partial charge on any atom is 0.270 e. The Morgan fingerprint density at radius 1 is 1.03 bits per heavy atom. The molecule has 1 heterocycles. The molecular weight excluding hydrogens is 494 g/mol. The second kappa shape index (κ2) is 11.8. The summed E-state index contributed by atoms with van der Waals surface area (Å²) in [6.45, 7) is 0. The summed E-state index contributed by atoms with van der Waals surface area (Å²) in [6, 6.07) is 4.20. The van der Waals surface area contributed by atoms with Crippen LogP contribution >= 0.6 is 11.5 Å². The summed E-state index contributed by atoms with van der Waals surface area (Å²) >= 11 is 0.830. The van der Waals surface area contributed by atoms with E-state index in [-0.39, 0.29) is 34.2 Å². The van der Waals surface area contributed by atoms with E-state index in [9.17, 15) is 14.4 Å². The summed E-state index contributed by atoms with van der Waals surface area (Å²) < 4.78 is 14.9. The molecule has 2 aliphatic rings. The second-order valence-electron chi connectivity index (χ2n) is 9.65. The number of hydrogen-bond acceptors (Lipinski definition) is 8. The zero-order chi connectivity index (χ0) is 26.5. The van der Waals surface area contributed by atoms with Crippen molar-refractivity contribution in [2.45, 2.75) is 75.9 Å². The highest BCUT2D eigenvalue weighted by Gasteiger charge is 2.40. The van der Waals surface area contributed by atoms with Crippen LogP contribution in [0.2, 0.25) is 0 Å². The molecule has 0 bridgehead atoms. The first-order valence-corrected chi connectivity index (χ1v) is 13.5. The Labute approximate surface area is 220 Å². The second-order valence-corrected chi connectivity index (χ2v) is 10.4. The van der Waals surface area contributed by atoms with Crippen molar-refractivity contribution in [3.8, 4) is 11.5 Å². The third kappa shape index (κ3) is 5.66. The minimum atomic E-state index is -0.934. The van der Waals surface area contributed by atoms with Gasteiger partial charge in [0.05, 0.1) is 19.9 Å². The molecule has 0 aliphatic heterocycles. The van der Waals surface area contributed by atoms with Gasteiger partial charge in [0, 0.05) is 12.1 Å². The summed E-state index contributed by atoms with van der Waals surface area (Å²) in [5.41, 5.74) is 12.0. The molecule has 200 valence electrons. The van der Waals surface area contributed by atoms with Gasteiger partial charge in [0.15, 0.2) is 17.2 Å². The molecule has 4 rings (SSSR count). The van der Waals surface area contributed by atoms with Crippen LogP contribution in [0.5, 0.6) is 11.5 Å². The standard InChI is InChI=1S/C26H35N5O5S/c1-35-18-13-12-15(14-19(18)36-2)22(25(33)29-16-8-4-3-5-9-16)31(17-10-6-7-11-17)26(34)23-20(27)21(24(28)32)30-37-23/h12-14,16-17,22H,3-11,27H2,1-2H3,(H2,28,32)(H,29,33). The molecule has 0 spiro atoms. The molecule has 1 aromatic carbocycles. The van der Waals surface area contributed by atoms with Crippen molar-refractivity contribution in [3.05, 3.63) is 34.3 Å². The highest BCUT2D eigenvalue weighted by molar-refractivity contribution is 7.09. The van der Waals surface area contributed by atoms with Gasteiger partial charge in [-0.1, -0.05) is 38.2 Å². The van der Waals surface area contributed by atoms with E-state index in [0.29, 0.717) is 17.1 Å². The number of nitrogen functional groups attached to an aromatic ring is 1. The number of carbonyl (C=O) groups excluding carboxylic acids is 3. The van der Waals surface area contributed by atoms with Crippen molar-refractivity contribution < 1.29 is 23.9 Å². The van der Waals surface area contributed by atoms with Gasteiger partial charge in [-0.25, -0.2) is 0 Å². The Kier molecular flexibility index (Phi) is 8.52. The van der Waals surface area contributed by atoms with Crippen molar-refractivity contribution in [2.24, 2.45) is 5.73 Å². The molecule has 5 N–H and O–H groups in total. The van der Waals surface area contributed by atoms with E-state index in [1.165, 1.54) is 7.11 Å². The van der Waals surface area contributed by atoms with E-state index < -0.39 is 17.9 Å². The van der Waals surface area contributed by atoms with Crippen molar-refractivity contribution in [1.29, 1.82) is 0 Å². The normalized spacial score (nSPS) is 17.2. The van der Waals surface area contributed by atoms with Crippen LogP contribution in [0.3, 0.4) is 0 Å². The molecule has 0 saturated heterocycles. The molecule has 2 aliphatic carbocycles. The number of aromatic nitrogens is 1. The van der Waals surface area contributed by atoms with Crippen LogP contribution in [0.15, 0.2) is 18.2 Å². The van der Waals surface area contributed by atoms with Crippen LogP contribution in [0.1, 0.15) is 89.6 Å². The van der Waals surface area contributed by atoms with Gasteiger partial charge in [-0.2, -0.15) is 4.37 Å². The first-order valence-electron chi connectivity index (χ1n) is 12.8. The summed E-state index contributed by atoms with van der Waals surface area (Å²) in [5, 5.41) is 3.21. The molecule has 1 aromatic heterocycles. The van der Waals surface area contributed by atoms with Gasteiger partial charge < -0.3 is 31.2 Å². The molecule has 1 atom stereocenters. The minimum absolute atomic E-state index is 0.0516. The fraction of sp³-hybridized carbons (Fsp3) is 0.538. The number of rotatable bonds is 9. The number of nitrogens with one attached hydrogen (secondary N) is 1. The van der Waals surface area contributed by atoms with Crippen LogP contribution in [-0.4, -0.2) is 53.3 Å². The van der Waals surface area contributed by atoms with Gasteiger partial charge in [0.2, 0.25) is 5.91 Å². The van der Waals surface area contributed by atoms with Gasteiger partial charge in [0.1, 0.15) is 10.9 Å². The Hall–Kier alpha value is -3.34. The van der Waals surface area contributed by atoms with Crippen molar-refractivity contribution in [1.82, 2.24) is 14.6 Å². The lowest BCUT2D eigenvalue weighted by Crippen LogP contribution is -2.50. The average Bonchev–Trinajstić information content (AvgIpc) is 3.57. The lowest BCUT2D eigenvalue weighted by atomic mass is 9.94. The molecule has 10 nitrogen and oxygen atoms in total. The monoisotopic (exact) mass is 529 g/mol. The number of methoxy groups -OCH3 is 2. The Morgan fingerprint density at radius 3 is 2.27 bits per heavy atom. The molecule has 3 amide bonds. The number of anilines is 1. The zero-order valence-electron chi connectivity index (χ0n) is 21.3. The molecule has 1 unspecified atom stereocenters. The van der Waals surface area contributed by atoms with E-state index in [1.54, 1.807) is 30.2 Å². The first-order chi connectivity index (χ1) is 17.8. The third-order valence-electron chi connectivity index (χ3n) is 7.31. The smallest absolute Gasteiger partial charge is 0.270 e. The largest absolute Gasteiger partial charge is 0.493 e. The molecule has 2 saturated carbocycles. The molecule has 37 heavy (non-hydrogen) atoms. The van der Waals surface area contributed by atoms with Gasteiger partial charge in [0.25, 0.3) is 11.8 Å². The van der Waals surface area contributed by atoms with Gasteiger partial charge in [-0.3, -0.25) is 14.4 Å². The Morgan fingerprint density at radius 2 is 1.68 bits per heavy atom. The van der Waals surface area contributed by atoms with E-state index in [1.807, 2.05) is 0 Å². The van der Waals surface area contributed by atoms with Crippen LogP contribution in [0.4, 0.5) is 5.69 Å². The lowest BCUT2D eigenvalue weighted by Gasteiger charge is -2.37. The molecule has 0 radical (unpaired) electrons. The van der Waals surface area contributed by atoms with Gasteiger partial charge in [-0.15, -0.1) is 0 Å². The number of carbonyl (C=O) groups is 3. The number of nitrogens with two attached hydrogens (primary N) is 2. The van der Waals surface area contributed by atoms with E-state index in [0.717, 1.165) is 69.3 Å². The quantitative estimate of drug-likeness (QED) is 0.450.